The standard InChI is InChI=1S/C31H46O5/c1-18(2)19(3)8-9-20(27(35)36)26-23(33)16-31(7)22-10-11-24-28(4,21(22)12-15-30(26,31)6)14-13-25(34)29(24,5)17-32/h10,12,18,20,23-24,26,32-33H,3,8-9,11,13-17H2,1-2,4-7H3,(H,35,36). The van der Waals surface area contributed by atoms with Gasteiger partial charge in [0.15, 0.2) is 0 Å². The van der Waals surface area contributed by atoms with E-state index in [0.29, 0.717) is 38.0 Å². The van der Waals surface area contributed by atoms with Crippen molar-refractivity contribution in [3.8, 4) is 0 Å². The van der Waals surface area contributed by atoms with Crippen LogP contribution in [0.5, 0.6) is 0 Å². The predicted molar refractivity (Wildman–Crippen MR) is 141 cm³/mol. The van der Waals surface area contributed by atoms with E-state index in [2.05, 4.69) is 53.3 Å². The fourth-order valence-corrected chi connectivity index (χ4v) is 8.75. The molecule has 4 rings (SSSR count). The Morgan fingerprint density at radius 2 is 1.83 bits per heavy atom. The second-order valence-corrected chi connectivity index (χ2v) is 13.5. The zero-order valence-electron chi connectivity index (χ0n) is 23.1. The van der Waals surface area contributed by atoms with Crippen LogP contribution in [0.15, 0.2) is 35.5 Å². The third kappa shape index (κ3) is 3.63. The summed E-state index contributed by atoms with van der Waals surface area (Å²) >= 11 is 0. The maximum atomic E-state index is 12.9. The number of aliphatic hydroxyl groups excluding tert-OH is 2. The number of carboxylic acid groups (broad SMARTS) is 1. The van der Waals surface area contributed by atoms with E-state index in [1.165, 1.54) is 11.1 Å². The van der Waals surface area contributed by atoms with Crippen molar-refractivity contribution in [2.45, 2.75) is 92.6 Å². The number of fused-ring (bicyclic) bond motifs is 5. The summed E-state index contributed by atoms with van der Waals surface area (Å²) in [6, 6.07) is 0. The molecule has 36 heavy (non-hydrogen) atoms. The van der Waals surface area contributed by atoms with Crippen LogP contribution in [-0.4, -0.2) is 39.8 Å². The fraction of sp³-hybridized carbons (Fsp3) is 0.742. The molecule has 2 fully saturated rings. The lowest BCUT2D eigenvalue weighted by Crippen LogP contribution is -2.55. The van der Waals surface area contributed by atoms with Crippen LogP contribution in [0.25, 0.3) is 0 Å². The van der Waals surface area contributed by atoms with E-state index < -0.39 is 28.8 Å². The molecule has 0 aromatic carbocycles. The van der Waals surface area contributed by atoms with Crippen molar-refractivity contribution in [1.29, 1.82) is 0 Å². The number of hydrogen-bond donors (Lipinski definition) is 3. The van der Waals surface area contributed by atoms with Gasteiger partial charge >= 0.3 is 5.97 Å². The minimum Gasteiger partial charge on any atom is -0.481 e. The van der Waals surface area contributed by atoms with E-state index in [9.17, 15) is 24.9 Å². The molecule has 200 valence electrons. The molecule has 4 aliphatic rings. The highest BCUT2D eigenvalue weighted by Crippen LogP contribution is 2.71. The van der Waals surface area contributed by atoms with Crippen molar-refractivity contribution < 1.29 is 24.9 Å². The monoisotopic (exact) mass is 498 g/mol. The molecule has 3 N–H and O–H groups in total. The largest absolute Gasteiger partial charge is 0.481 e. The van der Waals surface area contributed by atoms with Crippen LogP contribution >= 0.6 is 0 Å². The van der Waals surface area contributed by atoms with E-state index >= 15 is 0 Å². The minimum absolute atomic E-state index is 0.0372. The highest BCUT2D eigenvalue weighted by Gasteiger charge is 2.66. The molecule has 0 spiro atoms. The summed E-state index contributed by atoms with van der Waals surface area (Å²) < 4.78 is 0. The number of carbonyl (C=O) groups excluding carboxylic acids is 1. The first-order chi connectivity index (χ1) is 16.7. The van der Waals surface area contributed by atoms with E-state index in [1.807, 2.05) is 6.92 Å². The van der Waals surface area contributed by atoms with Crippen molar-refractivity contribution in [3.63, 3.8) is 0 Å². The Bertz CT molecular complexity index is 1020. The SMILES string of the molecule is C=C(CCC(C(=O)O)C1C(O)CC2(C)C3=CCC4C(C)(CO)C(=O)CCC4(C)C3=CCC12C)C(C)C. The third-order valence-electron chi connectivity index (χ3n) is 11.5. The summed E-state index contributed by atoms with van der Waals surface area (Å²) in [6.45, 7) is 16.8. The third-order valence-corrected chi connectivity index (χ3v) is 11.5. The molecule has 0 aliphatic heterocycles. The number of allylic oxidation sites excluding steroid dienone is 5. The van der Waals surface area contributed by atoms with Gasteiger partial charge < -0.3 is 15.3 Å². The first kappa shape index (κ1) is 27.3. The maximum absolute atomic E-state index is 12.9. The summed E-state index contributed by atoms with van der Waals surface area (Å²) in [5.74, 6) is -1.31. The summed E-state index contributed by atoms with van der Waals surface area (Å²) in [4.78, 5) is 25.4. The van der Waals surface area contributed by atoms with Crippen LogP contribution in [0.1, 0.15) is 86.5 Å². The molecule has 0 aromatic rings. The lowest BCUT2D eigenvalue weighted by Gasteiger charge is -2.59. The maximum Gasteiger partial charge on any atom is 0.306 e. The molecule has 5 heteroatoms. The average Bonchev–Trinajstić information content (AvgIpc) is 3.02. The number of aliphatic hydroxyl groups is 2. The molecular formula is C31H46O5. The van der Waals surface area contributed by atoms with Gasteiger partial charge in [0.25, 0.3) is 0 Å². The Morgan fingerprint density at radius 3 is 2.42 bits per heavy atom. The number of aliphatic carboxylic acids is 1. The molecule has 0 bridgehead atoms. The van der Waals surface area contributed by atoms with E-state index in [0.717, 1.165) is 18.4 Å². The van der Waals surface area contributed by atoms with Gasteiger partial charge in [0, 0.05) is 17.8 Å². The number of ketones is 1. The smallest absolute Gasteiger partial charge is 0.306 e. The zero-order valence-corrected chi connectivity index (χ0v) is 23.1. The topological polar surface area (TPSA) is 94.8 Å². The molecular weight excluding hydrogens is 452 g/mol. The Morgan fingerprint density at radius 1 is 1.17 bits per heavy atom. The highest BCUT2D eigenvalue weighted by molar-refractivity contribution is 5.86. The van der Waals surface area contributed by atoms with Crippen molar-refractivity contribution in [2.75, 3.05) is 6.61 Å². The van der Waals surface area contributed by atoms with Crippen molar-refractivity contribution in [2.24, 2.45) is 45.3 Å². The lowest BCUT2D eigenvalue weighted by atomic mass is 9.44. The van der Waals surface area contributed by atoms with E-state index in [4.69, 9.17) is 0 Å². The number of carbonyl (C=O) groups is 2. The minimum atomic E-state index is -0.829. The van der Waals surface area contributed by atoms with Crippen LogP contribution in [-0.2, 0) is 9.59 Å². The number of hydrogen-bond acceptors (Lipinski definition) is 4. The van der Waals surface area contributed by atoms with Gasteiger partial charge in [-0.25, -0.2) is 0 Å². The zero-order chi connectivity index (χ0) is 26.8. The van der Waals surface area contributed by atoms with Crippen molar-refractivity contribution in [3.05, 3.63) is 35.5 Å². The van der Waals surface area contributed by atoms with Crippen LogP contribution < -0.4 is 0 Å². The Balaban J connectivity index is 1.74. The highest BCUT2D eigenvalue weighted by atomic mass is 16.4. The van der Waals surface area contributed by atoms with Crippen LogP contribution in [0.2, 0.25) is 0 Å². The summed E-state index contributed by atoms with van der Waals surface area (Å²) in [7, 11) is 0. The number of carboxylic acids is 1. The summed E-state index contributed by atoms with van der Waals surface area (Å²) in [5, 5.41) is 32.0. The first-order valence-corrected chi connectivity index (χ1v) is 13.8. The molecule has 5 nitrogen and oxygen atoms in total. The van der Waals surface area contributed by atoms with Gasteiger partial charge in [-0.3, -0.25) is 9.59 Å². The fourth-order valence-electron chi connectivity index (χ4n) is 8.75. The molecule has 0 saturated heterocycles. The molecule has 0 heterocycles. The quantitative estimate of drug-likeness (QED) is 0.390. The molecule has 2 saturated carbocycles. The second-order valence-electron chi connectivity index (χ2n) is 13.5. The average molecular weight is 499 g/mol. The van der Waals surface area contributed by atoms with Crippen molar-refractivity contribution >= 4 is 11.8 Å². The van der Waals surface area contributed by atoms with Crippen molar-refractivity contribution in [1.82, 2.24) is 0 Å². The summed E-state index contributed by atoms with van der Waals surface area (Å²) in [6.07, 6.45) is 8.21. The summed E-state index contributed by atoms with van der Waals surface area (Å²) in [5.41, 5.74) is 1.85. The molecule has 4 aliphatic carbocycles. The van der Waals surface area contributed by atoms with Gasteiger partial charge in [-0.1, -0.05) is 65.8 Å². The Labute approximate surface area is 216 Å². The normalized spacial score (nSPS) is 42.7. The van der Waals surface area contributed by atoms with Gasteiger partial charge in [-0.15, -0.1) is 0 Å². The van der Waals surface area contributed by atoms with Gasteiger partial charge in [-0.2, -0.15) is 0 Å². The van der Waals surface area contributed by atoms with Crippen LogP contribution in [0, 0.1) is 45.3 Å². The molecule has 0 amide bonds. The number of Topliss-reactive ketones (excluding diaryl/α,β-unsaturated/α-hetero) is 1. The Kier molecular flexibility index (Phi) is 6.78. The lowest BCUT2D eigenvalue weighted by molar-refractivity contribution is -0.148. The molecule has 8 atom stereocenters. The van der Waals surface area contributed by atoms with Gasteiger partial charge in [-0.05, 0) is 72.3 Å². The predicted octanol–water partition coefficient (Wildman–Crippen LogP) is 5.72. The van der Waals surface area contributed by atoms with Crippen LogP contribution in [0.3, 0.4) is 0 Å². The van der Waals surface area contributed by atoms with Gasteiger partial charge in [0.1, 0.15) is 5.78 Å². The van der Waals surface area contributed by atoms with E-state index in [1.54, 1.807) is 0 Å². The Hall–Kier alpha value is -1.72. The number of rotatable bonds is 7. The molecule has 0 radical (unpaired) electrons. The van der Waals surface area contributed by atoms with Gasteiger partial charge in [0.2, 0.25) is 0 Å². The van der Waals surface area contributed by atoms with E-state index in [-0.39, 0.29) is 35.1 Å². The van der Waals surface area contributed by atoms with Crippen LogP contribution in [0.4, 0.5) is 0 Å². The first-order valence-electron chi connectivity index (χ1n) is 13.8. The second kappa shape index (κ2) is 8.94. The molecule has 0 aromatic heterocycles. The molecule has 8 unspecified atom stereocenters. The van der Waals surface area contributed by atoms with Gasteiger partial charge in [0.05, 0.1) is 24.0 Å².